The first-order valence-electron chi connectivity index (χ1n) is 10.3. The molecule has 0 unspecified atom stereocenters. The largest absolute Gasteiger partial charge is 0.465 e. The first kappa shape index (κ1) is 21.2. The van der Waals surface area contributed by atoms with E-state index in [4.69, 9.17) is 16.3 Å². The number of fused-ring (bicyclic) bond motifs is 2. The number of hydrogen-bond donors (Lipinski definition) is 3. The maximum atomic E-state index is 12.5. The zero-order valence-corrected chi connectivity index (χ0v) is 18.9. The highest BCUT2D eigenvalue weighted by Gasteiger charge is 2.76. The van der Waals surface area contributed by atoms with Crippen molar-refractivity contribution in [3.63, 3.8) is 0 Å². The van der Waals surface area contributed by atoms with Crippen molar-refractivity contribution in [2.75, 3.05) is 19.0 Å². The second-order valence-electron chi connectivity index (χ2n) is 7.98. The Morgan fingerprint density at radius 3 is 2.94 bits per heavy atom. The number of ether oxygens (including phenoxy) is 1. The van der Waals surface area contributed by atoms with Crippen LogP contribution in [0.5, 0.6) is 0 Å². The minimum atomic E-state index is -1.20. The van der Waals surface area contributed by atoms with Crippen molar-refractivity contribution in [1.29, 1.82) is 0 Å². The molecule has 0 spiro atoms. The van der Waals surface area contributed by atoms with Crippen LogP contribution >= 0.6 is 22.9 Å². The Balaban J connectivity index is 1.56. The zero-order chi connectivity index (χ0) is 22.6. The minimum Gasteiger partial charge on any atom is -0.465 e. The first-order chi connectivity index (χ1) is 15.4. The van der Waals surface area contributed by atoms with Crippen LogP contribution in [0.4, 0.5) is 5.69 Å². The summed E-state index contributed by atoms with van der Waals surface area (Å²) in [6.07, 6.45) is -0.302. The Hall–Kier alpha value is -2.64. The Morgan fingerprint density at radius 1 is 1.44 bits per heavy atom. The molecular formula is C22H21ClN4O4S. The standard InChI is InChI=1S/C22H21ClN4O4S/c1-3-31-21(30)22-9-13(22)17(18(28)19(22)29)27-10-25-16-14(24-2)8-11(26-20(16)27)4-5-12-6-7-15(23)32-12/h6-8,10,13,17-19,28-29H,3,9H2,1-2H3,(H,24,26)/t13-,17-,18+,19+,22-/m1/s1. The third kappa shape index (κ3) is 3.10. The van der Waals surface area contributed by atoms with Crippen molar-refractivity contribution in [3.8, 4) is 11.8 Å². The van der Waals surface area contributed by atoms with Gasteiger partial charge in [0, 0.05) is 13.0 Å². The fourth-order valence-electron chi connectivity index (χ4n) is 4.77. The summed E-state index contributed by atoms with van der Waals surface area (Å²) in [5.74, 6) is 5.39. The number of pyridine rings is 1. The van der Waals surface area contributed by atoms with Gasteiger partial charge in [0.2, 0.25) is 0 Å². The highest BCUT2D eigenvalue weighted by Crippen LogP contribution is 2.68. The molecule has 32 heavy (non-hydrogen) atoms. The summed E-state index contributed by atoms with van der Waals surface area (Å²) in [4.78, 5) is 22.5. The highest BCUT2D eigenvalue weighted by atomic mass is 35.5. The molecule has 5 atom stereocenters. The van der Waals surface area contributed by atoms with Crippen LogP contribution in [0.1, 0.15) is 30.0 Å². The van der Waals surface area contributed by atoms with Gasteiger partial charge in [0.15, 0.2) is 5.65 Å². The van der Waals surface area contributed by atoms with Crippen LogP contribution in [0.25, 0.3) is 11.2 Å². The molecule has 2 aliphatic rings. The number of halogens is 1. The number of imidazole rings is 1. The third-order valence-electron chi connectivity index (χ3n) is 6.34. The lowest BCUT2D eigenvalue weighted by Gasteiger charge is -2.23. The van der Waals surface area contributed by atoms with Gasteiger partial charge in [-0.1, -0.05) is 11.6 Å². The second kappa shape index (κ2) is 7.74. The molecule has 3 aromatic rings. The normalized spacial score (nSPS) is 28.2. The summed E-state index contributed by atoms with van der Waals surface area (Å²) in [7, 11) is 1.78. The minimum absolute atomic E-state index is 0.222. The number of carbonyl (C=O) groups is 1. The van der Waals surface area contributed by atoms with E-state index >= 15 is 0 Å². The van der Waals surface area contributed by atoms with Crippen molar-refractivity contribution >= 4 is 45.8 Å². The smallest absolute Gasteiger partial charge is 0.315 e. The number of carbonyl (C=O) groups excluding carboxylic acids is 1. The second-order valence-corrected chi connectivity index (χ2v) is 9.70. The number of hydrogen-bond acceptors (Lipinski definition) is 8. The van der Waals surface area contributed by atoms with Crippen molar-refractivity contribution in [3.05, 3.63) is 39.4 Å². The van der Waals surface area contributed by atoms with Crippen LogP contribution in [0, 0.1) is 23.2 Å². The monoisotopic (exact) mass is 472 g/mol. The predicted octanol–water partition coefficient (Wildman–Crippen LogP) is 2.43. The van der Waals surface area contributed by atoms with Crippen LogP contribution in [0.3, 0.4) is 0 Å². The van der Waals surface area contributed by atoms with Crippen LogP contribution in [-0.4, -0.2) is 56.6 Å². The Bertz CT molecular complexity index is 1280. The van der Waals surface area contributed by atoms with Gasteiger partial charge in [-0.3, -0.25) is 4.79 Å². The Kier molecular flexibility index (Phi) is 5.13. The number of esters is 1. The molecule has 0 radical (unpaired) electrons. The topological polar surface area (TPSA) is 110 Å². The Labute approximate surface area is 193 Å². The number of aromatic nitrogens is 3. The number of nitrogens with one attached hydrogen (secondary N) is 1. The van der Waals surface area contributed by atoms with Gasteiger partial charge in [0.25, 0.3) is 0 Å². The maximum absolute atomic E-state index is 12.5. The van der Waals surface area contributed by atoms with Crippen molar-refractivity contribution < 1.29 is 19.7 Å². The fourth-order valence-corrected chi connectivity index (χ4v) is 5.66. The molecule has 0 aliphatic heterocycles. The van der Waals surface area contributed by atoms with Gasteiger partial charge >= 0.3 is 5.97 Å². The van der Waals surface area contributed by atoms with Crippen molar-refractivity contribution in [2.24, 2.45) is 11.3 Å². The lowest BCUT2D eigenvalue weighted by atomic mass is 9.99. The lowest BCUT2D eigenvalue weighted by molar-refractivity contribution is -0.156. The summed E-state index contributed by atoms with van der Waals surface area (Å²) < 4.78 is 7.59. The molecule has 0 saturated heterocycles. The molecule has 5 rings (SSSR count). The van der Waals surface area contributed by atoms with Gasteiger partial charge in [0.1, 0.15) is 22.7 Å². The van der Waals surface area contributed by atoms with E-state index in [0.717, 1.165) is 10.6 Å². The maximum Gasteiger partial charge on any atom is 0.315 e. The number of aliphatic hydroxyl groups excluding tert-OH is 2. The van der Waals surface area contributed by atoms with Crippen LogP contribution in [-0.2, 0) is 9.53 Å². The molecular weight excluding hydrogens is 452 g/mol. The van der Waals surface area contributed by atoms with Crippen LogP contribution in [0.2, 0.25) is 4.34 Å². The molecule has 166 valence electrons. The number of aliphatic hydroxyl groups is 2. The molecule has 8 nitrogen and oxygen atoms in total. The summed E-state index contributed by atoms with van der Waals surface area (Å²) in [6, 6.07) is 4.90. The van der Waals surface area contributed by atoms with Gasteiger partial charge in [0.05, 0.1) is 40.0 Å². The van der Waals surface area contributed by atoms with E-state index in [1.807, 2.05) is 12.1 Å². The van der Waals surface area contributed by atoms with E-state index in [2.05, 4.69) is 27.1 Å². The summed E-state index contributed by atoms with van der Waals surface area (Å²) in [6.45, 7) is 1.94. The summed E-state index contributed by atoms with van der Waals surface area (Å²) in [5, 5.41) is 24.7. The number of anilines is 1. The van der Waals surface area contributed by atoms with Crippen LogP contribution < -0.4 is 5.32 Å². The molecule has 3 heterocycles. The average molecular weight is 473 g/mol. The van der Waals surface area contributed by atoms with E-state index in [0.29, 0.717) is 27.6 Å². The van der Waals surface area contributed by atoms with Crippen molar-refractivity contribution in [1.82, 2.24) is 14.5 Å². The molecule has 2 fully saturated rings. The zero-order valence-electron chi connectivity index (χ0n) is 17.4. The third-order valence-corrected chi connectivity index (χ3v) is 7.48. The lowest BCUT2D eigenvalue weighted by Crippen LogP contribution is -2.38. The van der Waals surface area contributed by atoms with E-state index in [1.165, 1.54) is 11.3 Å². The van der Waals surface area contributed by atoms with Crippen LogP contribution in [0.15, 0.2) is 24.5 Å². The average Bonchev–Trinajstić information content (AvgIpc) is 3.03. The van der Waals surface area contributed by atoms with E-state index in [9.17, 15) is 15.0 Å². The molecule has 3 N–H and O–H groups in total. The summed E-state index contributed by atoms with van der Waals surface area (Å²) in [5.41, 5.74) is 1.33. The SMILES string of the molecule is CCOC(=O)[C@]12C[C@@H]1[C@@H](n1cnc3c(NC)cc(C#Cc4ccc(Cl)s4)nc31)[C@H](O)[C@@H]2O. The van der Waals surface area contributed by atoms with Crippen molar-refractivity contribution in [2.45, 2.75) is 31.6 Å². The molecule has 0 bridgehead atoms. The van der Waals surface area contributed by atoms with Gasteiger partial charge in [-0.2, -0.15) is 0 Å². The van der Waals surface area contributed by atoms with Gasteiger partial charge in [-0.25, -0.2) is 9.97 Å². The first-order valence-corrected chi connectivity index (χ1v) is 11.5. The predicted molar refractivity (Wildman–Crippen MR) is 121 cm³/mol. The van der Waals surface area contributed by atoms with E-state index in [-0.39, 0.29) is 12.5 Å². The Morgan fingerprint density at radius 2 is 2.25 bits per heavy atom. The molecule has 3 aromatic heterocycles. The molecule has 0 amide bonds. The van der Waals surface area contributed by atoms with Gasteiger partial charge in [-0.05, 0) is 43.4 Å². The highest BCUT2D eigenvalue weighted by molar-refractivity contribution is 7.16. The van der Waals surface area contributed by atoms with E-state index in [1.54, 1.807) is 30.9 Å². The molecule has 2 aliphatic carbocycles. The van der Waals surface area contributed by atoms with E-state index < -0.39 is 29.6 Å². The number of nitrogens with zero attached hydrogens (tertiary/aromatic N) is 3. The number of rotatable bonds is 4. The number of thiophene rings is 1. The fraction of sp³-hybridized carbons (Fsp3) is 0.409. The molecule has 2 saturated carbocycles. The molecule has 10 heteroatoms. The van der Waals surface area contributed by atoms with Gasteiger partial charge in [-0.15, -0.1) is 11.3 Å². The summed E-state index contributed by atoms with van der Waals surface area (Å²) >= 11 is 7.36. The quantitative estimate of drug-likeness (QED) is 0.395. The van der Waals surface area contributed by atoms with Gasteiger partial charge < -0.3 is 24.8 Å². The molecule has 0 aromatic carbocycles.